The summed E-state index contributed by atoms with van der Waals surface area (Å²) in [5.41, 5.74) is 1.88. The minimum Gasteiger partial charge on any atom is -0.352 e. The Balaban J connectivity index is 1.86. The first kappa shape index (κ1) is 16.3. The first-order chi connectivity index (χ1) is 10.6. The SMILES string of the molecule is C/C(=C\C(=O)N[C@@H](C)C(=O)NC1CCCC1)c1ccccc1. The number of allylic oxidation sites excluding steroid dienone is 1. The van der Waals surface area contributed by atoms with E-state index in [2.05, 4.69) is 10.6 Å². The van der Waals surface area contributed by atoms with Gasteiger partial charge in [-0.2, -0.15) is 0 Å². The van der Waals surface area contributed by atoms with Gasteiger partial charge in [-0.05, 0) is 37.8 Å². The predicted molar refractivity (Wildman–Crippen MR) is 88.1 cm³/mol. The highest BCUT2D eigenvalue weighted by Gasteiger charge is 2.21. The summed E-state index contributed by atoms with van der Waals surface area (Å²) in [5, 5.41) is 5.72. The largest absolute Gasteiger partial charge is 0.352 e. The predicted octanol–water partition coefficient (Wildman–Crippen LogP) is 2.65. The van der Waals surface area contributed by atoms with Crippen molar-refractivity contribution >= 4 is 17.4 Å². The molecule has 1 aromatic rings. The molecule has 1 aliphatic carbocycles. The van der Waals surface area contributed by atoms with Gasteiger partial charge in [-0.15, -0.1) is 0 Å². The zero-order chi connectivity index (χ0) is 15.9. The molecule has 0 spiro atoms. The summed E-state index contributed by atoms with van der Waals surface area (Å²) in [5.74, 6) is -0.346. The van der Waals surface area contributed by atoms with E-state index in [0.717, 1.165) is 24.0 Å². The Kier molecular flexibility index (Phi) is 5.75. The number of hydrogen-bond acceptors (Lipinski definition) is 2. The van der Waals surface area contributed by atoms with Crippen LogP contribution in [0.15, 0.2) is 36.4 Å². The van der Waals surface area contributed by atoms with E-state index in [1.807, 2.05) is 37.3 Å². The van der Waals surface area contributed by atoms with Crippen molar-refractivity contribution in [1.29, 1.82) is 0 Å². The lowest BCUT2D eigenvalue weighted by molar-refractivity contribution is -0.127. The molecular weight excluding hydrogens is 276 g/mol. The van der Waals surface area contributed by atoms with Crippen LogP contribution in [-0.4, -0.2) is 23.9 Å². The van der Waals surface area contributed by atoms with Crippen LogP contribution in [0.4, 0.5) is 0 Å². The Labute approximate surface area is 132 Å². The van der Waals surface area contributed by atoms with Crippen molar-refractivity contribution in [3.05, 3.63) is 42.0 Å². The minimum atomic E-state index is -0.520. The number of carbonyl (C=O) groups is 2. The van der Waals surface area contributed by atoms with Gasteiger partial charge in [0.1, 0.15) is 6.04 Å². The summed E-state index contributed by atoms with van der Waals surface area (Å²) in [6, 6.07) is 9.46. The van der Waals surface area contributed by atoms with E-state index in [1.54, 1.807) is 6.92 Å². The van der Waals surface area contributed by atoms with Gasteiger partial charge in [0.15, 0.2) is 0 Å². The molecule has 1 atom stereocenters. The van der Waals surface area contributed by atoms with E-state index in [9.17, 15) is 9.59 Å². The first-order valence-electron chi connectivity index (χ1n) is 7.91. The maximum Gasteiger partial charge on any atom is 0.244 e. The average molecular weight is 300 g/mol. The molecule has 2 rings (SSSR count). The van der Waals surface area contributed by atoms with Crippen molar-refractivity contribution in [3.8, 4) is 0 Å². The molecule has 0 saturated heterocycles. The normalized spacial score (nSPS) is 17.1. The monoisotopic (exact) mass is 300 g/mol. The molecule has 1 fully saturated rings. The Morgan fingerprint density at radius 2 is 1.82 bits per heavy atom. The van der Waals surface area contributed by atoms with Gasteiger partial charge in [-0.1, -0.05) is 43.2 Å². The van der Waals surface area contributed by atoms with Crippen LogP contribution >= 0.6 is 0 Å². The van der Waals surface area contributed by atoms with Gasteiger partial charge in [-0.3, -0.25) is 9.59 Å². The Bertz CT molecular complexity index is 545. The van der Waals surface area contributed by atoms with Crippen molar-refractivity contribution in [3.63, 3.8) is 0 Å². The van der Waals surface area contributed by atoms with Gasteiger partial charge in [0.2, 0.25) is 11.8 Å². The number of hydrogen-bond donors (Lipinski definition) is 2. The van der Waals surface area contributed by atoms with Gasteiger partial charge in [0, 0.05) is 12.1 Å². The molecule has 4 nitrogen and oxygen atoms in total. The van der Waals surface area contributed by atoms with Crippen molar-refractivity contribution in [2.75, 3.05) is 0 Å². The molecule has 118 valence electrons. The summed E-state index contributed by atoms with van der Waals surface area (Å²) in [6.07, 6.45) is 5.96. The van der Waals surface area contributed by atoms with Crippen molar-refractivity contribution < 1.29 is 9.59 Å². The van der Waals surface area contributed by atoms with Gasteiger partial charge < -0.3 is 10.6 Å². The molecule has 22 heavy (non-hydrogen) atoms. The minimum absolute atomic E-state index is 0.106. The van der Waals surface area contributed by atoms with Crippen LogP contribution in [0, 0.1) is 0 Å². The van der Waals surface area contributed by atoms with E-state index < -0.39 is 6.04 Å². The van der Waals surface area contributed by atoms with E-state index >= 15 is 0 Å². The van der Waals surface area contributed by atoms with E-state index in [4.69, 9.17) is 0 Å². The highest BCUT2D eigenvalue weighted by atomic mass is 16.2. The summed E-state index contributed by atoms with van der Waals surface area (Å²) >= 11 is 0. The molecule has 1 aliphatic rings. The highest BCUT2D eigenvalue weighted by molar-refractivity contribution is 5.97. The van der Waals surface area contributed by atoms with Gasteiger partial charge in [-0.25, -0.2) is 0 Å². The van der Waals surface area contributed by atoms with Crippen LogP contribution in [0.1, 0.15) is 45.1 Å². The van der Waals surface area contributed by atoms with Crippen LogP contribution in [-0.2, 0) is 9.59 Å². The third-order valence-electron chi connectivity index (χ3n) is 4.03. The fourth-order valence-corrected chi connectivity index (χ4v) is 2.70. The molecule has 0 radical (unpaired) electrons. The van der Waals surface area contributed by atoms with E-state index in [1.165, 1.54) is 18.9 Å². The second-order valence-electron chi connectivity index (χ2n) is 5.91. The molecular formula is C18H24N2O2. The molecule has 1 saturated carbocycles. The maximum atomic E-state index is 12.0. The molecule has 0 heterocycles. The van der Waals surface area contributed by atoms with Gasteiger partial charge in [0.05, 0.1) is 0 Å². The molecule has 4 heteroatoms. The summed E-state index contributed by atoms with van der Waals surface area (Å²) in [4.78, 5) is 24.1. The van der Waals surface area contributed by atoms with Gasteiger partial charge in [0.25, 0.3) is 0 Å². The van der Waals surface area contributed by atoms with Crippen molar-refractivity contribution in [2.45, 2.75) is 51.6 Å². The lowest BCUT2D eigenvalue weighted by Gasteiger charge is -2.17. The van der Waals surface area contributed by atoms with Gasteiger partial charge >= 0.3 is 0 Å². The smallest absolute Gasteiger partial charge is 0.244 e. The molecule has 0 bridgehead atoms. The van der Waals surface area contributed by atoms with Crippen LogP contribution in [0.3, 0.4) is 0 Å². The molecule has 2 amide bonds. The van der Waals surface area contributed by atoms with Crippen LogP contribution in [0.2, 0.25) is 0 Å². The highest BCUT2D eigenvalue weighted by Crippen LogP contribution is 2.17. The second-order valence-corrected chi connectivity index (χ2v) is 5.91. The zero-order valence-electron chi connectivity index (χ0n) is 13.3. The Morgan fingerprint density at radius 1 is 1.18 bits per heavy atom. The lowest BCUT2D eigenvalue weighted by Crippen LogP contribution is -2.47. The molecule has 0 unspecified atom stereocenters. The number of carbonyl (C=O) groups excluding carboxylic acids is 2. The molecule has 0 aromatic heterocycles. The quantitative estimate of drug-likeness (QED) is 0.821. The van der Waals surface area contributed by atoms with Crippen molar-refractivity contribution in [2.24, 2.45) is 0 Å². The average Bonchev–Trinajstić information content (AvgIpc) is 3.00. The fraction of sp³-hybridized carbons (Fsp3) is 0.444. The standard InChI is InChI=1S/C18H24N2O2/c1-13(15-8-4-3-5-9-15)12-17(21)19-14(2)18(22)20-16-10-6-7-11-16/h3-5,8-9,12,14,16H,6-7,10-11H2,1-2H3,(H,19,21)(H,20,22)/b13-12+/t14-/m0/s1. The second kappa shape index (κ2) is 7.78. The topological polar surface area (TPSA) is 58.2 Å². The molecule has 1 aromatic carbocycles. The van der Waals surface area contributed by atoms with Crippen LogP contribution < -0.4 is 10.6 Å². The number of rotatable bonds is 5. The van der Waals surface area contributed by atoms with Crippen molar-refractivity contribution in [1.82, 2.24) is 10.6 Å². The zero-order valence-corrected chi connectivity index (χ0v) is 13.3. The fourth-order valence-electron chi connectivity index (χ4n) is 2.70. The van der Waals surface area contributed by atoms with Crippen LogP contribution in [0.25, 0.3) is 5.57 Å². The summed E-state index contributed by atoms with van der Waals surface area (Å²) in [7, 11) is 0. The van der Waals surface area contributed by atoms with E-state index in [0.29, 0.717) is 0 Å². The summed E-state index contributed by atoms with van der Waals surface area (Å²) in [6.45, 7) is 3.60. The van der Waals surface area contributed by atoms with E-state index in [-0.39, 0.29) is 17.9 Å². The third kappa shape index (κ3) is 4.72. The van der Waals surface area contributed by atoms with Crippen LogP contribution in [0.5, 0.6) is 0 Å². The first-order valence-corrected chi connectivity index (χ1v) is 7.91. The Hall–Kier alpha value is -2.10. The summed E-state index contributed by atoms with van der Waals surface area (Å²) < 4.78 is 0. The molecule has 2 N–H and O–H groups in total. The Morgan fingerprint density at radius 3 is 2.45 bits per heavy atom. The third-order valence-corrected chi connectivity index (χ3v) is 4.03. The lowest BCUT2D eigenvalue weighted by atomic mass is 10.1. The maximum absolute atomic E-state index is 12.0. The number of nitrogens with one attached hydrogen (secondary N) is 2. The number of amides is 2. The number of benzene rings is 1. The molecule has 0 aliphatic heterocycles.